The molecule has 0 heterocycles. The number of benzene rings is 3. The zero-order valence-electron chi connectivity index (χ0n) is 15.3. The summed E-state index contributed by atoms with van der Waals surface area (Å²) in [5, 5.41) is 0. The zero-order valence-corrected chi connectivity index (χ0v) is 16.1. The molecule has 0 aromatic heterocycles. The van der Waals surface area contributed by atoms with E-state index in [0.717, 1.165) is 21.9 Å². The van der Waals surface area contributed by atoms with Crippen molar-refractivity contribution < 1.29 is 13.2 Å². The average molecular weight is 379 g/mol. The monoisotopic (exact) mass is 379 g/mol. The minimum absolute atomic E-state index is 0.0755. The minimum Gasteiger partial charge on any atom is -0.268 e. The third-order valence-corrected chi connectivity index (χ3v) is 6.15. The lowest BCUT2D eigenvalue weighted by molar-refractivity contribution is 0.100. The van der Waals surface area contributed by atoms with Crippen LogP contribution in [0, 0.1) is 6.92 Å². The summed E-state index contributed by atoms with van der Waals surface area (Å²) in [4.78, 5) is 13.4. The maximum Gasteiger partial charge on any atom is 0.272 e. The van der Waals surface area contributed by atoms with Crippen molar-refractivity contribution in [1.82, 2.24) is 0 Å². The number of anilines is 1. The SMILES string of the molecule is CCc1ccc(N(C(=O)c2ccccc2C)S(=O)(=O)c2ccccc2)cc1. The van der Waals surface area contributed by atoms with Gasteiger partial charge >= 0.3 is 0 Å². The second-order valence-corrected chi connectivity index (χ2v) is 8.01. The molecule has 5 heteroatoms. The predicted octanol–water partition coefficient (Wildman–Crippen LogP) is 4.59. The molecule has 0 aliphatic carbocycles. The Morgan fingerprint density at radius 3 is 2.04 bits per heavy atom. The molecule has 0 unspecified atom stereocenters. The van der Waals surface area contributed by atoms with E-state index in [1.165, 1.54) is 12.1 Å². The first kappa shape index (κ1) is 18.9. The molecule has 138 valence electrons. The van der Waals surface area contributed by atoms with Crippen LogP contribution in [-0.4, -0.2) is 14.3 Å². The number of hydrogen-bond donors (Lipinski definition) is 0. The third-order valence-electron chi connectivity index (χ3n) is 4.42. The van der Waals surface area contributed by atoms with E-state index in [9.17, 15) is 13.2 Å². The first-order valence-electron chi connectivity index (χ1n) is 8.74. The Balaban J connectivity index is 2.17. The minimum atomic E-state index is -4.05. The lowest BCUT2D eigenvalue weighted by atomic mass is 10.1. The van der Waals surface area contributed by atoms with Crippen LogP contribution >= 0.6 is 0 Å². The van der Waals surface area contributed by atoms with Crippen molar-refractivity contribution in [3.8, 4) is 0 Å². The van der Waals surface area contributed by atoms with E-state index in [2.05, 4.69) is 0 Å². The summed E-state index contributed by atoms with van der Waals surface area (Å²) in [6.45, 7) is 3.81. The van der Waals surface area contributed by atoms with Gasteiger partial charge in [-0.15, -0.1) is 0 Å². The van der Waals surface area contributed by atoms with E-state index >= 15 is 0 Å². The molecule has 1 amide bonds. The average Bonchev–Trinajstić information content (AvgIpc) is 2.69. The predicted molar refractivity (Wildman–Crippen MR) is 107 cm³/mol. The molecule has 0 atom stereocenters. The highest BCUT2D eigenvalue weighted by molar-refractivity contribution is 7.93. The molecule has 0 aliphatic heterocycles. The van der Waals surface area contributed by atoms with Crippen LogP contribution in [0.15, 0.2) is 83.8 Å². The topological polar surface area (TPSA) is 54.5 Å². The Hall–Kier alpha value is -2.92. The van der Waals surface area contributed by atoms with Gasteiger partial charge in [0.2, 0.25) is 0 Å². The van der Waals surface area contributed by atoms with Gasteiger partial charge in [0.1, 0.15) is 0 Å². The molecule has 0 N–H and O–H groups in total. The molecule has 0 radical (unpaired) electrons. The highest BCUT2D eigenvalue weighted by Gasteiger charge is 2.32. The molecule has 3 rings (SSSR count). The van der Waals surface area contributed by atoms with Gasteiger partial charge in [-0.25, -0.2) is 8.42 Å². The molecule has 0 bridgehead atoms. The van der Waals surface area contributed by atoms with E-state index in [0.29, 0.717) is 11.3 Å². The first-order valence-corrected chi connectivity index (χ1v) is 10.2. The van der Waals surface area contributed by atoms with Crippen LogP contribution < -0.4 is 4.31 Å². The fraction of sp³-hybridized carbons (Fsp3) is 0.136. The Morgan fingerprint density at radius 1 is 0.852 bits per heavy atom. The number of rotatable bonds is 5. The number of aryl methyl sites for hydroxylation is 2. The van der Waals surface area contributed by atoms with Crippen molar-refractivity contribution >= 4 is 21.6 Å². The van der Waals surface area contributed by atoms with Crippen molar-refractivity contribution in [2.24, 2.45) is 0 Å². The van der Waals surface area contributed by atoms with Gasteiger partial charge in [0, 0.05) is 5.56 Å². The highest BCUT2D eigenvalue weighted by Crippen LogP contribution is 2.27. The van der Waals surface area contributed by atoms with Gasteiger partial charge < -0.3 is 0 Å². The van der Waals surface area contributed by atoms with Crippen molar-refractivity contribution in [2.45, 2.75) is 25.2 Å². The molecule has 0 spiro atoms. The first-order chi connectivity index (χ1) is 12.9. The smallest absolute Gasteiger partial charge is 0.268 e. The maximum absolute atomic E-state index is 13.3. The van der Waals surface area contributed by atoms with Crippen LogP contribution in [0.4, 0.5) is 5.69 Å². The number of hydrogen-bond acceptors (Lipinski definition) is 3. The second kappa shape index (κ2) is 7.76. The van der Waals surface area contributed by atoms with E-state index in [1.807, 2.05) is 25.1 Å². The molecule has 0 aliphatic rings. The van der Waals surface area contributed by atoms with Crippen LogP contribution in [-0.2, 0) is 16.4 Å². The molecule has 0 fully saturated rings. The quantitative estimate of drug-likeness (QED) is 0.651. The summed E-state index contributed by atoms with van der Waals surface area (Å²) in [6, 6.07) is 22.0. The lowest BCUT2D eigenvalue weighted by Gasteiger charge is -2.23. The molecular weight excluding hydrogens is 358 g/mol. The Labute approximate surface area is 160 Å². The van der Waals surface area contributed by atoms with E-state index in [4.69, 9.17) is 0 Å². The van der Waals surface area contributed by atoms with Gasteiger partial charge in [-0.1, -0.05) is 55.5 Å². The fourth-order valence-electron chi connectivity index (χ4n) is 2.85. The normalized spacial score (nSPS) is 11.2. The van der Waals surface area contributed by atoms with Crippen LogP contribution in [0.5, 0.6) is 0 Å². The fourth-order valence-corrected chi connectivity index (χ4v) is 4.28. The van der Waals surface area contributed by atoms with Crippen LogP contribution in [0.2, 0.25) is 0 Å². The van der Waals surface area contributed by atoms with Crippen LogP contribution in [0.1, 0.15) is 28.4 Å². The molecule has 0 saturated carbocycles. The summed E-state index contributed by atoms with van der Waals surface area (Å²) in [6.07, 6.45) is 0.831. The van der Waals surface area contributed by atoms with E-state index in [1.54, 1.807) is 55.5 Å². The zero-order chi connectivity index (χ0) is 19.4. The Kier molecular flexibility index (Phi) is 5.42. The van der Waals surface area contributed by atoms with Crippen LogP contribution in [0.25, 0.3) is 0 Å². The molecular formula is C22H21NO3S. The van der Waals surface area contributed by atoms with Crippen LogP contribution in [0.3, 0.4) is 0 Å². The number of carbonyl (C=O) groups is 1. The largest absolute Gasteiger partial charge is 0.272 e. The van der Waals surface area contributed by atoms with Gasteiger partial charge in [-0.05, 0) is 54.8 Å². The van der Waals surface area contributed by atoms with Crippen molar-refractivity contribution in [1.29, 1.82) is 0 Å². The Bertz CT molecular complexity index is 1040. The van der Waals surface area contributed by atoms with Crippen molar-refractivity contribution in [2.75, 3.05) is 4.31 Å². The third kappa shape index (κ3) is 3.78. The molecule has 3 aromatic rings. The summed E-state index contributed by atoms with van der Waals surface area (Å²) in [5.41, 5.74) is 2.47. The standard InChI is InChI=1S/C22H21NO3S/c1-3-18-13-15-19(16-14-18)23(22(24)21-12-8-7-9-17(21)2)27(25,26)20-10-5-4-6-11-20/h4-16H,3H2,1-2H3. The van der Waals surface area contributed by atoms with E-state index in [-0.39, 0.29) is 4.90 Å². The van der Waals surface area contributed by atoms with Gasteiger partial charge in [-0.2, -0.15) is 4.31 Å². The second-order valence-electron chi connectivity index (χ2n) is 6.22. The number of sulfonamides is 1. The summed E-state index contributed by atoms with van der Waals surface area (Å²) < 4.78 is 27.5. The summed E-state index contributed by atoms with van der Waals surface area (Å²) in [5.74, 6) is -0.568. The molecule has 3 aromatic carbocycles. The maximum atomic E-state index is 13.3. The summed E-state index contributed by atoms with van der Waals surface area (Å²) in [7, 11) is -4.05. The van der Waals surface area contributed by atoms with Gasteiger partial charge in [-0.3, -0.25) is 4.79 Å². The molecule has 27 heavy (non-hydrogen) atoms. The van der Waals surface area contributed by atoms with E-state index < -0.39 is 15.9 Å². The van der Waals surface area contributed by atoms with Gasteiger partial charge in [0.15, 0.2) is 0 Å². The Morgan fingerprint density at radius 2 is 1.44 bits per heavy atom. The molecule has 4 nitrogen and oxygen atoms in total. The number of carbonyl (C=O) groups excluding carboxylic acids is 1. The van der Waals surface area contributed by atoms with Gasteiger partial charge in [0.05, 0.1) is 10.6 Å². The number of nitrogens with zero attached hydrogens (tertiary/aromatic N) is 1. The highest BCUT2D eigenvalue weighted by atomic mass is 32.2. The number of amides is 1. The van der Waals surface area contributed by atoms with Crippen molar-refractivity contribution in [3.05, 3.63) is 95.6 Å². The lowest BCUT2D eigenvalue weighted by Crippen LogP contribution is -2.37. The van der Waals surface area contributed by atoms with Crippen molar-refractivity contribution in [3.63, 3.8) is 0 Å². The summed E-state index contributed by atoms with van der Waals surface area (Å²) >= 11 is 0. The molecule has 0 saturated heterocycles. The van der Waals surface area contributed by atoms with Gasteiger partial charge in [0.25, 0.3) is 15.9 Å².